The van der Waals surface area contributed by atoms with E-state index in [0.29, 0.717) is 56.1 Å². The summed E-state index contributed by atoms with van der Waals surface area (Å²) in [5.41, 5.74) is 3.37. The van der Waals surface area contributed by atoms with Gasteiger partial charge in [-0.3, -0.25) is 14.4 Å². The van der Waals surface area contributed by atoms with Crippen molar-refractivity contribution in [3.63, 3.8) is 0 Å². The van der Waals surface area contributed by atoms with Crippen molar-refractivity contribution in [3.05, 3.63) is 96.2 Å². The zero-order valence-corrected chi connectivity index (χ0v) is 27.0. The van der Waals surface area contributed by atoms with E-state index in [0.717, 1.165) is 22.2 Å². The molecule has 2 aromatic carbocycles. The number of aromatic nitrogens is 6. The second-order valence-corrected chi connectivity index (χ2v) is 12.5. The molecule has 0 saturated carbocycles. The minimum Gasteiger partial charge on any atom is -0.361 e. The molecular formula is C35H41N9O3. The number of fused-ring (bicyclic) bond motifs is 2. The summed E-state index contributed by atoms with van der Waals surface area (Å²) in [6.45, 7) is 7.14. The highest BCUT2D eigenvalue weighted by Crippen LogP contribution is 2.23. The summed E-state index contributed by atoms with van der Waals surface area (Å²) in [6.07, 6.45) is 8.71. The number of amides is 3. The number of nitrogens with zero attached hydrogens (tertiary/aromatic N) is 6. The maximum absolute atomic E-state index is 13.9. The molecule has 3 N–H and O–H groups in total. The van der Waals surface area contributed by atoms with E-state index in [2.05, 4.69) is 39.5 Å². The Bertz CT molecular complexity index is 1840. The van der Waals surface area contributed by atoms with Crippen LogP contribution in [0.5, 0.6) is 0 Å². The Labute approximate surface area is 273 Å². The number of benzene rings is 2. The van der Waals surface area contributed by atoms with Gasteiger partial charge in [0.1, 0.15) is 17.7 Å². The largest absolute Gasteiger partial charge is 0.361 e. The molecule has 0 spiro atoms. The van der Waals surface area contributed by atoms with Crippen LogP contribution in [0.4, 0.5) is 0 Å². The Hall–Kier alpha value is -5.26. The summed E-state index contributed by atoms with van der Waals surface area (Å²) in [7, 11) is 0. The Kier molecular flexibility index (Phi) is 9.46. The first-order chi connectivity index (χ1) is 22.7. The number of nitrogens with one attached hydrogen (secondary N) is 3. The number of rotatable bonds is 6. The molecule has 0 fully saturated rings. The molecule has 47 heavy (non-hydrogen) atoms. The number of hydrogen-bond acceptors (Lipinski definition) is 6. The van der Waals surface area contributed by atoms with Crippen LogP contribution in [0.1, 0.15) is 66.7 Å². The summed E-state index contributed by atoms with van der Waals surface area (Å²) >= 11 is 0. The summed E-state index contributed by atoms with van der Waals surface area (Å²) in [5.74, 6) is 0.833. The van der Waals surface area contributed by atoms with E-state index in [4.69, 9.17) is 4.98 Å². The molecule has 1 aliphatic heterocycles. The molecule has 2 atom stereocenters. The third-order valence-corrected chi connectivity index (χ3v) is 8.51. The number of aromatic amines is 1. The Morgan fingerprint density at radius 3 is 2.57 bits per heavy atom. The molecule has 12 nitrogen and oxygen atoms in total. The molecule has 0 unspecified atom stereocenters. The van der Waals surface area contributed by atoms with Crippen molar-refractivity contribution in [2.45, 2.75) is 65.1 Å². The lowest BCUT2D eigenvalue weighted by Crippen LogP contribution is -2.49. The van der Waals surface area contributed by atoms with Gasteiger partial charge in [0.25, 0.3) is 5.91 Å². The standard InChI is InChI=1S/C35H41N9O3/c1-23(2)19-30-33-38-24(3)41-44(33)18-17-42(35(47)25-10-12-27(13-11-25)43-16-14-36-22-43)15-6-9-32(45)39-31(34(46)40-30)20-26-21-37-29-8-5-4-7-28(26)29/h4-5,7-8,10-14,16,21-23,30-31,37H,6,9,15,17-20H2,1-3H3,(H,39,45)(H,40,46)/t30-,31+/m0/s1. The van der Waals surface area contributed by atoms with Gasteiger partial charge >= 0.3 is 0 Å². The number of H-pyrrole nitrogens is 1. The highest BCUT2D eigenvalue weighted by atomic mass is 16.2. The van der Waals surface area contributed by atoms with Crippen molar-refractivity contribution in [3.8, 4) is 5.69 Å². The molecule has 6 rings (SSSR count). The third kappa shape index (κ3) is 7.43. The third-order valence-electron chi connectivity index (χ3n) is 8.51. The Morgan fingerprint density at radius 2 is 1.81 bits per heavy atom. The first-order valence-electron chi connectivity index (χ1n) is 16.2. The maximum atomic E-state index is 13.9. The normalized spacial score (nSPS) is 18.1. The lowest BCUT2D eigenvalue weighted by molar-refractivity contribution is -0.129. The molecule has 0 radical (unpaired) electrons. The number of carbonyl (C=O) groups is 3. The molecule has 0 saturated heterocycles. The van der Waals surface area contributed by atoms with Crippen LogP contribution in [0, 0.1) is 12.8 Å². The van der Waals surface area contributed by atoms with Gasteiger partial charge in [-0.1, -0.05) is 32.0 Å². The topological polar surface area (TPSA) is 143 Å². The number of aryl methyl sites for hydroxylation is 1. The maximum Gasteiger partial charge on any atom is 0.253 e. The van der Waals surface area contributed by atoms with Crippen molar-refractivity contribution in [2.24, 2.45) is 5.92 Å². The van der Waals surface area contributed by atoms with E-state index >= 15 is 0 Å². The van der Waals surface area contributed by atoms with Crippen LogP contribution in [0.25, 0.3) is 16.6 Å². The molecular weight excluding hydrogens is 594 g/mol. The smallest absolute Gasteiger partial charge is 0.253 e. The van der Waals surface area contributed by atoms with Gasteiger partial charge in [0.15, 0.2) is 0 Å². The van der Waals surface area contributed by atoms with E-state index in [1.54, 1.807) is 17.4 Å². The van der Waals surface area contributed by atoms with Crippen LogP contribution >= 0.6 is 0 Å². The van der Waals surface area contributed by atoms with Crippen molar-refractivity contribution < 1.29 is 14.4 Å². The zero-order valence-electron chi connectivity index (χ0n) is 27.0. The van der Waals surface area contributed by atoms with E-state index < -0.39 is 12.1 Å². The first kappa shape index (κ1) is 31.7. The molecule has 4 heterocycles. The van der Waals surface area contributed by atoms with Gasteiger partial charge in [-0.2, -0.15) is 5.10 Å². The average Bonchev–Trinajstić information content (AvgIpc) is 3.82. The quantitative estimate of drug-likeness (QED) is 0.256. The molecule has 0 bridgehead atoms. The molecule has 3 amide bonds. The summed E-state index contributed by atoms with van der Waals surface area (Å²) in [5, 5.41) is 11.9. The lowest BCUT2D eigenvalue weighted by Gasteiger charge is -2.27. The fraction of sp³-hybridized carbons (Fsp3) is 0.371. The van der Waals surface area contributed by atoms with Gasteiger partial charge in [0, 0.05) is 66.7 Å². The fourth-order valence-corrected chi connectivity index (χ4v) is 6.19. The number of imidazole rings is 1. The average molecular weight is 636 g/mol. The number of hydrogen-bond donors (Lipinski definition) is 3. The van der Waals surface area contributed by atoms with Gasteiger partial charge in [0.05, 0.1) is 18.9 Å². The monoisotopic (exact) mass is 635 g/mol. The van der Waals surface area contributed by atoms with Crippen LogP contribution in [0.3, 0.4) is 0 Å². The van der Waals surface area contributed by atoms with E-state index in [1.807, 2.05) is 77.1 Å². The zero-order chi connectivity index (χ0) is 32.9. The second kappa shape index (κ2) is 14.0. The van der Waals surface area contributed by atoms with Gasteiger partial charge in [-0.25, -0.2) is 14.6 Å². The van der Waals surface area contributed by atoms with Crippen molar-refractivity contribution in [1.82, 2.24) is 44.8 Å². The Morgan fingerprint density at radius 1 is 1.00 bits per heavy atom. The lowest BCUT2D eigenvalue weighted by atomic mass is 10.0. The molecule has 0 aliphatic carbocycles. The Balaban J connectivity index is 1.28. The SMILES string of the molecule is Cc1nc2n(n1)CCN(C(=O)c1ccc(-n3ccnc3)cc1)CCCC(=O)N[C@H](Cc1c[nH]c3ccccc13)C(=O)N[C@H]2CC(C)C. The van der Waals surface area contributed by atoms with Crippen LogP contribution < -0.4 is 10.6 Å². The minimum absolute atomic E-state index is 0.127. The molecule has 1 aliphatic rings. The van der Waals surface area contributed by atoms with Crippen LogP contribution in [-0.4, -0.2) is 71.1 Å². The highest BCUT2D eigenvalue weighted by molar-refractivity contribution is 5.94. The van der Waals surface area contributed by atoms with E-state index in [9.17, 15) is 14.4 Å². The van der Waals surface area contributed by atoms with E-state index in [-0.39, 0.29) is 30.1 Å². The van der Waals surface area contributed by atoms with Crippen LogP contribution in [-0.2, 0) is 22.6 Å². The molecule has 12 heteroatoms. The molecule has 5 aromatic rings. The van der Waals surface area contributed by atoms with Crippen LogP contribution in [0.15, 0.2) is 73.4 Å². The summed E-state index contributed by atoms with van der Waals surface area (Å²) < 4.78 is 3.69. The predicted octanol–water partition coefficient (Wildman–Crippen LogP) is 4.12. The van der Waals surface area contributed by atoms with Crippen molar-refractivity contribution >= 4 is 28.6 Å². The number of carbonyl (C=O) groups excluding carboxylic acids is 3. The fourth-order valence-electron chi connectivity index (χ4n) is 6.19. The van der Waals surface area contributed by atoms with Crippen molar-refractivity contribution in [1.29, 1.82) is 0 Å². The van der Waals surface area contributed by atoms with Crippen molar-refractivity contribution in [2.75, 3.05) is 13.1 Å². The summed E-state index contributed by atoms with van der Waals surface area (Å²) in [6, 6.07) is 14.1. The predicted molar refractivity (Wildman–Crippen MR) is 178 cm³/mol. The molecule has 244 valence electrons. The first-order valence-corrected chi connectivity index (χ1v) is 16.2. The van der Waals surface area contributed by atoms with Gasteiger partial charge in [-0.15, -0.1) is 0 Å². The molecule has 3 aromatic heterocycles. The van der Waals surface area contributed by atoms with Gasteiger partial charge in [0.2, 0.25) is 11.8 Å². The summed E-state index contributed by atoms with van der Waals surface area (Å²) in [4.78, 5) is 55.0. The second-order valence-electron chi connectivity index (χ2n) is 12.5. The van der Waals surface area contributed by atoms with Crippen LogP contribution in [0.2, 0.25) is 0 Å². The van der Waals surface area contributed by atoms with Gasteiger partial charge in [-0.05, 0) is 61.6 Å². The number of para-hydroxylation sites is 1. The highest BCUT2D eigenvalue weighted by Gasteiger charge is 2.29. The van der Waals surface area contributed by atoms with E-state index in [1.165, 1.54) is 0 Å². The minimum atomic E-state index is -0.802. The van der Waals surface area contributed by atoms with Gasteiger partial charge < -0.3 is 25.1 Å².